The minimum Gasteiger partial charge on any atom is -0.361 e. The number of benzene rings is 5. The van der Waals surface area contributed by atoms with Crippen LogP contribution in [0.3, 0.4) is 0 Å². The maximum absolute atomic E-state index is 4.99. The summed E-state index contributed by atoms with van der Waals surface area (Å²) in [7, 11) is 0. The van der Waals surface area contributed by atoms with Crippen LogP contribution in [-0.4, -0.2) is 16.5 Å². The van der Waals surface area contributed by atoms with E-state index in [2.05, 4.69) is 169 Å². The van der Waals surface area contributed by atoms with Crippen LogP contribution >= 0.6 is 11.8 Å². The lowest BCUT2D eigenvalue weighted by atomic mass is 9.63. The maximum atomic E-state index is 4.99. The number of hydrogen-bond donors (Lipinski definition) is 1. The van der Waals surface area contributed by atoms with E-state index in [1.165, 1.54) is 32.2 Å². The Hall–Kier alpha value is -4.54. The number of hydrogen-bond acceptors (Lipinski definition) is 3. The maximum Gasteiger partial charge on any atom is 0.0924 e. The number of H-pyrrole nitrogens is 1. The summed E-state index contributed by atoms with van der Waals surface area (Å²) in [5, 5.41) is 0. The van der Waals surface area contributed by atoms with Gasteiger partial charge in [-0.15, -0.1) is 0 Å². The summed E-state index contributed by atoms with van der Waals surface area (Å²) in [6.07, 6.45) is 6.05. The zero-order valence-electron chi connectivity index (χ0n) is 24.5. The van der Waals surface area contributed by atoms with Crippen molar-refractivity contribution in [3.05, 3.63) is 181 Å². The Morgan fingerprint density at radius 3 is 1.60 bits per heavy atom. The highest BCUT2D eigenvalue weighted by Crippen LogP contribution is 2.52. The van der Waals surface area contributed by atoms with Crippen molar-refractivity contribution in [2.75, 3.05) is 11.4 Å². The molecular formula is C39H37N3S. The molecule has 0 fully saturated rings. The molecule has 0 aliphatic rings. The van der Waals surface area contributed by atoms with Crippen molar-refractivity contribution in [1.82, 2.24) is 9.97 Å². The molecule has 1 atom stereocenters. The second-order valence-electron chi connectivity index (χ2n) is 10.8. The molecule has 0 radical (unpaired) electrons. The van der Waals surface area contributed by atoms with Crippen molar-refractivity contribution in [2.45, 2.75) is 41.0 Å². The third-order valence-electron chi connectivity index (χ3n) is 8.11. The largest absolute Gasteiger partial charge is 0.361 e. The molecule has 3 nitrogen and oxygen atoms in total. The fourth-order valence-corrected chi connectivity index (χ4v) is 7.02. The molecule has 0 spiro atoms. The minimum atomic E-state index is -0.551. The lowest BCUT2D eigenvalue weighted by Gasteiger charge is -2.48. The Bertz CT molecular complexity index is 1560. The van der Waals surface area contributed by atoms with E-state index in [-0.39, 0.29) is 6.04 Å². The summed E-state index contributed by atoms with van der Waals surface area (Å²) < 4.78 is 0. The Kier molecular flexibility index (Phi) is 9.05. The van der Waals surface area contributed by atoms with E-state index in [0.717, 1.165) is 25.1 Å². The molecule has 6 aromatic rings. The smallest absolute Gasteiger partial charge is 0.0924 e. The van der Waals surface area contributed by atoms with Crippen LogP contribution < -0.4 is 4.90 Å². The molecule has 5 aromatic carbocycles. The third-order valence-corrected chi connectivity index (χ3v) is 9.12. The van der Waals surface area contributed by atoms with Gasteiger partial charge in [0, 0.05) is 28.2 Å². The minimum absolute atomic E-state index is 0.134. The lowest BCUT2D eigenvalue weighted by Crippen LogP contribution is -2.47. The molecule has 43 heavy (non-hydrogen) atoms. The molecule has 1 aromatic heterocycles. The van der Waals surface area contributed by atoms with Crippen LogP contribution in [0, 0.1) is 0 Å². The van der Waals surface area contributed by atoms with Crippen LogP contribution in [-0.2, 0) is 5.41 Å². The molecule has 4 heteroatoms. The Balaban J connectivity index is 1.58. The second kappa shape index (κ2) is 13.6. The van der Waals surface area contributed by atoms with E-state index in [1.807, 2.05) is 6.33 Å². The molecule has 1 unspecified atom stereocenters. The summed E-state index contributed by atoms with van der Waals surface area (Å²) in [4.78, 5) is 13.3. The van der Waals surface area contributed by atoms with Gasteiger partial charge in [-0.05, 0) is 59.5 Å². The average Bonchev–Trinajstić information content (AvgIpc) is 3.61. The van der Waals surface area contributed by atoms with E-state index in [4.69, 9.17) is 4.98 Å². The number of aromatic amines is 1. The molecule has 0 aliphatic heterocycles. The van der Waals surface area contributed by atoms with Crippen molar-refractivity contribution in [2.24, 2.45) is 0 Å². The fourth-order valence-electron chi connectivity index (χ4n) is 6.18. The summed E-state index contributed by atoms with van der Waals surface area (Å²) in [5.74, 6) is 0. The molecule has 0 amide bonds. The lowest BCUT2D eigenvalue weighted by molar-refractivity contribution is 0.440. The Morgan fingerprint density at radius 1 is 0.651 bits per heavy atom. The van der Waals surface area contributed by atoms with Crippen LogP contribution in [0.4, 0.5) is 5.69 Å². The van der Waals surface area contributed by atoms with Gasteiger partial charge in [0.25, 0.3) is 0 Å². The summed E-state index contributed by atoms with van der Waals surface area (Å²) in [6.45, 7) is 3.16. The summed E-state index contributed by atoms with van der Waals surface area (Å²) in [5.41, 5.74) is 5.35. The van der Waals surface area contributed by atoms with Gasteiger partial charge in [-0.25, -0.2) is 4.98 Å². The molecule has 0 saturated carbocycles. The molecule has 6 rings (SSSR count). The van der Waals surface area contributed by atoms with Crippen LogP contribution in [0.1, 0.15) is 48.2 Å². The first-order valence-corrected chi connectivity index (χ1v) is 15.9. The van der Waals surface area contributed by atoms with Gasteiger partial charge in [0.05, 0.1) is 23.5 Å². The van der Waals surface area contributed by atoms with Gasteiger partial charge in [0.2, 0.25) is 0 Å². The molecule has 1 heterocycles. The first-order valence-electron chi connectivity index (χ1n) is 15.1. The monoisotopic (exact) mass is 579 g/mol. The highest BCUT2D eigenvalue weighted by atomic mass is 32.2. The number of rotatable bonds is 12. The molecular weight excluding hydrogens is 543 g/mol. The van der Waals surface area contributed by atoms with E-state index in [0.29, 0.717) is 0 Å². The van der Waals surface area contributed by atoms with Crippen LogP contribution in [0.25, 0.3) is 0 Å². The van der Waals surface area contributed by atoms with Crippen molar-refractivity contribution in [3.8, 4) is 0 Å². The number of nitrogens with one attached hydrogen (secondary N) is 1. The van der Waals surface area contributed by atoms with Gasteiger partial charge in [0.15, 0.2) is 0 Å². The molecule has 0 saturated heterocycles. The van der Waals surface area contributed by atoms with Gasteiger partial charge in [-0.1, -0.05) is 134 Å². The van der Waals surface area contributed by atoms with Gasteiger partial charge in [0.1, 0.15) is 0 Å². The first kappa shape index (κ1) is 28.6. The molecule has 214 valence electrons. The van der Waals surface area contributed by atoms with Gasteiger partial charge in [-0.2, -0.15) is 0 Å². The zero-order valence-corrected chi connectivity index (χ0v) is 25.3. The Morgan fingerprint density at radius 2 is 1.14 bits per heavy atom. The van der Waals surface area contributed by atoms with Crippen molar-refractivity contribution < 1.29 is 0 Å². The SMILES string of the molecule is CCCCN(c1ccc(Sc2ccccc2)cc1)C(c1c[nH]cn1)C(c1ccccc1)(c1ccccc1)c1ccccc1. The molecule has 0 aliphatic carbocycles. The van der Waals surface area contributed by atoms with Gasteiger partial charge >= 0.3 is 0 Å². The van der Waals surface area contributed by atoms with E-state index in [1.54, 1.807) is 11.8 Å². The fraction of sp³-hybridized carbons (Fsp3) is 0.154. The zero-order chi connectivity index (χ0) is 29.3. The third kappa shape index (κ3) is 6.02. The predicted octanol–water partition coefficient (Wildman–Crippen LogP) is 9.94. The van der Waals surface area contributed by atoms with Crippen molar-refractivity contribution in [1.29, 1.82) is 0 Å². The molecule has 1 N–H and O–H groups in total. The second-order valence-corrected chi connectivity index (χ2v) is 11.9. The first-order chi connectivity index (χ1) is 21.3. The summed E-state index contributed by atoms with van der Waals surface area (Å²) in [6, 6.07) is 52.4. The standard InChI is InChI=1S/C39H37N3S/c1-2-3-28-42(34-24-26-36(27-25-34)43-35-22-14-7-15-23-35)38(37-29-40-30-41-37)39(31-16-8-4-9-17-31,32-18-10-5-11-19-32)33-20-12-6-13-21-33/h4-27,29-30,38H,2-3,28H2,1H3,(H,40,41). The van der Waals surface area contributed by atoms with Gasteiger partial charge < -0.3 is 9.88 Å². The Labute approximate surface area is 259 Å². The predicted molar refractivity (Wildman–Crippen MR) is 180 cm³/mol. The normalized spacial score (nSPS) is 12.1. The molecule has 0 bridgehead atoms. The number of unbranched alkanes of at least 4 members (excludes halogenated alkanes) is 1. The number of anilines is 1. The van der Waals surface area contributed by atoms with Crippen LogP contribution in [0.2, 0.25) is 0 Å². The van der Waals surface area contributed by atoms with E-state index >= 15 is 0 Å². The topological polar surface area (TPSA) is 31.9 Å². The number of imidazole rings is 1. The average molecular weight is 580 g/mol. The van der Waals surface area contributed by atoms with Crippen LogP contribution in [0.5, 0.6) is 0 Å². The van der Waals surface area contributed by atoms with E-state index in [9.17, 15) is 0 Å². The quantitative estimate of drug-likeness (QED) is 0.146. The van der Waals surface area contributed by atoms with Crippen molar-refractivity contribution >= 4 is 17.4 Å². The van der Waals surface area contributed by atoms with E-state index < -0.39 is 5.41 Å². The van der Waals surface area contributed by atoms with Gasteiger partial charge in [-0.3, -0.25) is 0 Å². The highest BCUT2D eigenvalue weighted by Gasteiger charge is 2.48. The number of aromatic nitrogens is 2. The van der Waals surface area contributed by atoms with Crippen molar-refractivity contribution in [3.63, 3.8) is 0 Å². The summed E-state index contributed by atoms with van der Waals surface area (Å²) >= 11 is 1.79. The van der Waals surface area contributed by atoms with Crippen LogP contribution in [0.15, 0.2) is 168 Å². The number of nitrogens with zero attached hydrogens (tertiary/aromatic N) is 2. The highest BCUT2D eigenvalue weighted by molar-refractivity contribution is 7.99.